The van der Waals surface area contributed by atoms with Gasteiger partial charge in [0.05, 0.1) is 28.4 Å². The lowest BCUT2D eigenvalue weighted by molar-refractivity contribution is -0.384. The molecule has 3 heterocycles. The lowest BCUT2D eigenvalue weighted by Gasteiger charge is -2.34. The van der Waals surface area contributed by atoms with Crippen LogP contribution in [-0.4, -0.2) is 73.2 Å². The topological polar surface area (TPSA) is 92.1 Å². The van der Waals surface area contributed by atoms with Crippen LogP contribution in [-0.2, 0) is 4.74 Å². The molecule has 0 radical (unpaired) electrons. The molecule has 0 aliphatic carbocycles. The number of ether oxygens (including phenoxy) is 1. The molecule has 34 heavy (non-hydrogen) atoms. The summed E-state index contributed by atoms with van der Waals surface area (Å²) in [4.78, 5) is 35.3. The molecule has 178 valence electrons. The van der Waals surface area contributed by atoms with Gasteiger partial charge in [0.1, 0.15) is 5.69 Å². The first-order valence-electron chi connectivity index (χ1n) is 11.4. The molecule has 2 aliphatic rings. The molecule has 0 unspecified atom stereocenters. The van der Waals surface area contributed by atoms with E-state index in [1.165, 1.54) is 21.9 Å². The SMILES string of the molecule is Cc1cc(C)c2nc(N3CCN(C(=O)c4ccc(N5CCOCC5)c([N+](=O)[O-])c4)CC3)sc2c1. The van der Waals surface area contributed by atoms with E-state index in [0.717, 1.165) is 10.6 Å². The largest absolute Gasteiger partial charge is 0.378 e. The normalized spacial score (nSPS) is 16.8. The van der Waals surface area contributed by atoms with Crippen molar-refractivity contribution in [1.29, 1.82) is 0 Å². The van der Waals surface area contributed by atoms with Crippen molar-refractivity contribution in [2.45, 2.75) is 13.8 Å². The van der Waals surface area contributed by atoms with Crippen LogP contribution in [0.25, 0.3) is 10.2 Å². The monoisotopic (exact) mass is 481 g/mol. The zero-order valence-corrected chi connectivity index (χ0v) is 20.1. The van der Waals surface area contributed by atoms with E-state index in [4.69, 9.17) is 9.72 Å². The molecule has 0 N–H and O–H groups in total. The van der Waals surface area contributed by atoms with Crippen LogP contribution in [0.4, 0.5) is 16.5 Å². The van der Waals surface area contributed by atoms with Crippen LogP contribution in [0, 0.1) is 24.0 Å². The highest BCUT2D eigenvalue weighted by Crippen LogP contribution is 2.33. The summed E-state index contributed by atoms with van der Waals surface area (Å²) >= 11 is 1.68. The number of thiazole rings is 1. The second-order valence-electron chi connectivity index (χ2n) is 8.76. The Hall–Kier alpha value is -3.24. The van der Waals surface area contributed by atoms with Crippen LogP contribution in [0.15, 0.2) is 30.3 Å². The molecule has 1 aromatic heterocycles. The molecule has 1 amide bonds. The summed E-state index contributed by atoms with van der Waals surface area (Å²) in [5.41, 5.74) is 4.29. The van der Waals surface area contributed by atoms with Crippen molar-refractivity contribution in [1.82, 2.24) is 9.88 Å². The van der Waals surface area contributed by atoms with Gasteiger partial charge in [-0.05, 0) is 43.2 Å². The Bertz CT molecular complexity index is 1250. The molecule has 2 saturated heterocycles. The lowest BCUT2D eigenvalue weighted by Crippen LogP contribution is -2.48. The number of fused-ring (bicyclic) bond motifs is 1. The summed E-state index contributed by atoms with van der Waals surface area (Å²) in [7, 11) is 0. The molecule has 10 heteroatoms. The first kappa shape index (κ1) is 22.5. The first-order chi connectivity index (χ1) is 16.4. The zero-order chi connectivity index (χ0) is 23.8. The molecule has 0 spiro atoms. The molecule has 9 nitrogen and oxygen atoms in total. The molecule has 2 aromatic carbocycles. The molecule has 2 aliphatic heterocycles. The Morgan fingerprint density at radius 3 is 2.47 bits per heavy atom. The quantitative estimate of drug-likeness (QED) is 0.415. The van der Waals surface area contributed by atoms with Crippen LogP contribution >= 0.6 is 11.3 Å². The highest BCUT2D eigenvalue weighted by atomic mass is 32.1. The molecular weight excluding hydrogens is 454 g/mol. The van der Waals surface area contributed by atoms with Crippen molar-refractivity contribution in [2.24, 2.45) is 0 Å². The molecule has 0 bridgehead atoms. The van der Waals surface area contributed by atoms with Crippen LogP contribution in [0.5, 0.6) is 0 Å². The number of nitrogens with zero attached hydrogens (tertiary/aromatic N) is 5. The Morgan fingerprint density at radius 2 is 1.76 bits per heavy atom. The fraction of sp³-hybridized carbons (Fsp3) is 0.417. The average Bonchev–Trinajstić information content (AvgIpc) is 3.28. The molecule has 5 rings (SSSR count). The third kappa shape index (κ3) is 4.30. The van der Waals surface area contributed by atoms with E-state index in [2.05, 4.69) is 30.9 Å². The fourth-order valence-corrected chi connectivity index (χ4v) is 5.85. The minimum atomic E-state index is -0.406. The number of rotatable bonds is 4. The number of nitro benzene ring substituents is 1. The van der Waals surface area contributed by atoms with Crippen molar-refractivity contribution in [2.75, 3.05) is 62.3 Å². The van der Waals surface area contributed by atoms with Crippen molar-refractivity contribution in [3.05, 3.63) is 57.1 Å². The third-order valence-corrected chi connectivity index (χ3v) is 7.49. The second-order valence-corrected chi connectivity index (χ2v) is 9.77. The number of hydrogen-bond donors (Lipinski definition) is 0. The number of morpholine rings is 1. The predicted octanol–water partition coefficient (Wildman–Crippen LogP) is 3.62. The van der Waals surface area contributed by atoms with Gasteiger partial charge in [-0.2, -0.15) is 0 Å². The van der Waals surface area contributed by atoms with E-state index >= 15 is 0 Å². The maximum Gasteiger partial charge on any atom is 0.293 e. The Morgan fingerprint density at radius 1 is 1.03 bits per heavy atom. The van der Waals surface area contributed by atoms with Gasteiger partial charge in [-0.25, -0.2) is 4.98 Å². The highest BCUT2D eigenvalue weighted by Gasteiger charge is 2.27. The second kappa shape index (κ2) is 9.19. The van der Waals surface area contributed by atoms with E-state index < -0.39 is 4.92 Å². The van der Waals surface area contributed by atoms with Crippen LogP contribution in [0.3, 0.4) is 0 Å². The summed E-state index contributed by atoms with van der Waals surface area (Å²) in [5, 5.41) is 12.7. The average molecular weight is 482 g/mol. The van der Waals surface area contributed by atoms with Crippen LogP contribution in [0.1, 0.15) is 21.5 Å². The van der Waals surface area contributed by atoms with Gasteiger partial charge in [0.15, 0.2) is 5.13 Å². The Kier molecular flexibility index (Phi) is 6.09. The minimum Gasteiger partial charge on any atom is -0.378 e. The Labute approximate surface area is 201 Å². The lowest BCUT2D eigenvalue weighted by atomic mass is 10.1. The molecule has 0 saturated carbocycles. The first-order valence-corrected chi connectivity index (χ1v) is 12.3. The van der Waals surface area contributed by atoms with Crippen molar-refractivity contribution < 1.29 is 14.5 Å². The van der Waals surface area contributed by atoms with Crippen molar-refractivity contribution in [3.63, 3.8) is 0 Å². The number of nitro groups is 1. The van der Waals surface area contributed by atoms with Gasteiger partial charge in [0.25, 0.3) is 11.6 Å². The number of amides is 1. The highest BCUT2D eigenvalue weighted by molar-refractivity contribution is 7.22. The number of benzene rings is 2. The van der Waals surface area contributed by atoms with Gasteiger partial charge >= 0.3 is 0 Å². The third-order valence-electron chi connectivity index (χ3n) is 6.43. The number of carbonyl (C=O) groups is 1. The standard InChI is InChI=1S/C24H27N5O4S/c1-16-13-17(2)22-21(14-16)34-24(25-22)28-7-5-27(6-8-28)23(30)18-3-4-19(20(15-18)29(31)32)26-9-11-33-12-10-26/h3-4,13-15H,5-12H2,1-2H3. The molecule has 3 aromatic rings. The van der Waals surface area contributed by atoms with Gasteiger partial charge in [0, 0.05) is 50.9 Å². The number of anilines is 2. The van der Waals surface area contributed by atoms with E-state index in [1.54, 1.807) is 28.4 Å². The maximum atomic E-state index is 13.2. The van der Waals surface area contributed by atoms with Gasteiger partial charge in [0.2, 0.25) is 0 Å². The zero-order valence-electron chi connectivity index (χ0n) is 19.3. The summed E-state index contributed by atoms with van der Waals surface area (Å²) in [6.07, 6.45) is 0. The maximum absolute atomic E-state index is 13.2. The number of carbonyl (C=O) groups excluding carboxylic acids is 1. The van der Waals surface area contributed by atoms with E-state index in [0.29, 0.717) is 63.7 Å². The van der Waals surface area contributed by atoms with Crippen LogP contribution in [0.2, 0.25) is 0 Å². The van der Waals surface area contributed by atoms with Gasteiger partial charge in [-0.3, -0.25) is 14.9 Å². The van der Waals surface area contributed by atoms with E-state index in [-0.39, 0.29) is 11.6 Å². The van der Waals surface area contributed by atoms with Crippen molar-refractivity contribution in [3.8, 4) is 0 Å². The van der Waals surface area contributed by atoms with Gasteiger partial charge in [-0.1, -0.05) is 17.4 Å². The predicted molar refractivity (Wildman–Crippen MR) is 133 cm³/mol. The summed E-state index contributed by atoms with van der Waals surface area (Å²) < 4.78 is 6.53. The Balaban J connectivity index is 1.29. The van der Waals surface area contributed by atoms with E-state index in [9.17, 15) is 14.9 Å². The smallest absolute Gasteiger partial charge is 0.293 e. The van der Waals surface area contributed by atoms with Gasteiger partial charge in [-0.15, -0.1) is 0 Å². The molecule has 2 fully saturated rings. The number of piperazine rings is 1. The van der Waals surface area contributed by atoms with Crippen LogP contribution < -0.4 is 9.80 Å². The van der Waals surface area contributed by atoms with Gasteiger partial charge < -0.3 is 19.4 Å². The number of aromatic nitrogens is 1. The number of aryl methyl sites for hydroxylation is 2. The summed E-state index contributed by atoms with van der Waals surface area (Å²) in [5.74, 6) is -0.174. The summed E-state index contributed by atoms with van der Waals surface area (Å²) in [6.45, 7) is 8.90. The molecular formula is C24H27N5O4S. The van der Waals surface area contributed by atoms with Crippen molar-refractivity contribution >= 4 is 44.0 Å². The molecule has 0 atom stereocenters. The van der Waals surface area contributed by atoms with E-state index in [1.807, 2.05) is 4.90 Å². The summed E-state index contributed by atoms with van der Waals surface area (Å²) in [6, 6.07) is 9.12. The number of hydrogen-bond acceptors (Lipinski definition) is 8. The fourth-order valence-electron chi connectivity index (χ4n) is 4.65. The minimum absolute atomic E-state index is 0.0356.